The fourth-order valence-corrected chi connectivity index (χ4v) is 2.75. The van der Waals surface area contributed by atoms with E-state index in [2.05, 4.69) is 6.08 Å². The first kappa shape index (κ1) is 11.9. The highest BCUT2D eigenvalue weighted by atomic mass is 19.1. The maximum absolute atomic E-state index is 13.4. The van der Waals surface area contributed by atoms with Crippen LogP contribution >= 0.6 is 0 Å². The molecule has 0 N–H and O–H groups in total. The van der Waals surface area contributed by atoms with Crippen LogP contribution in [0.25, 0.3) is 5.57 Å². The summed E-state index contributed by atoms with van der Waals surface area (Å²) >= 11 is 0. The van der Waals surface area contributed by atoms with Gasteiger partial charge in [-0.3, -0.25) is 0 Å². The molecule has 3 rings (SSSR count). The molecule has 1 aromatic rings. The average Bonchev–Trinajstić information content (AvgIpc) is 2.77. The van der Waals surface area contributed by atoms with E-state index in [0.29, 0.717) is 13.2 Å². The topological polar surface area (TPSA) is 18.5 Å². The molecule has 96 valence electrons. The minimum atomic E-state index is -0.397. The Morgan fingerprint density at radius 3 is 2.56 bits per heavy atom. The summed E-state index contributed by atoms with van der Waals surface area (Å²) in [4.78, 5) is 0. The Kier molecular flexibility index (Phi) is 2.96. The van der Waals surface area contributed by atoms with Crippen molar-refractivity contribution in [2.24, 2.45) is 0 Å². The number of halogens is 1. The lowest BCUT2D eigenvalue weighted by Gasteiger charge is -2.30. The summed E-state index contributed by atoms with van der Waals surface area (Å²) < 4.78 is 24.7. The third-order valence-corrected chi connectivity index (χ3v) is 3.66. The third-order valence-electron chi connectivity index (χ3n) is 3.66. The van der Waals surface area contributed by atoms with Crippen LogP contribution in [-0.4, -0.2) is 19.0 Å². The number of aryl methyl sites for hydroxylation is 1. The van der Waals surface area contributed by atoms with Crippen molar-refractivity contribution in [3.8, 4) is 0 Å². The molecule has 1 aromatic carbocycles. The molecule has 1 saturated heterocycles. The van der Waals surface area contributed by atoms with Gasteiger partial charge in [-0.2, -0.15) is 0 Å². The Morgan fingerprint density at radius 2 is 1.94 bits per heavy atom. The Bertz CT molecular complexity index is 467. The molecule has 0 unspecified atom stereocenters. The minimum absolute atomic E-state index is 0.167. The third kappa shape index (κ3) is 2.20. The van der Waals surface area contributed by atoms with Gasteiger partial charge in [0.1, 0.15) is 5.82 Å². The molecule has 0 amide bonds. The van der Waals surface area contributed by atoms with Gasteiger partial charge in [-0.05, 0) is 42.2 Å². The van der Waals surface area contributed by atoms with Crippen molar-refractivity contribution in [2.75, 3.05) is 13.2 Å². The van der Waals surface area contributed by atoms with Gasteiger partial charge < -0.3 is 9.47 Å². The summed E-state index contributed by atoms with van der Waals surface area (Å²) in [5, 5.41) is 0. The highest BCUT2D eigenvalue weighted by Crippen LogP contribution is 2.38. The van der Waals surface area contributed by atoms with Crippen molar-refractivity contribution >= 4 is 5.57 Å². The van der Waals surface area contributed by atoms with Crippen molar-refractivity contribution in [2.45, 2.75) is 32.0 Å². The number of rotatable bonds is 1. The van der Waals surface area contributed by atoms with E-state index in [0.717, 1.165) is 30.4 Å². The lowest BCUT2D eigenvalue weighted by molar-refractivity contribution is -0.159. The van der Waals surface area contributed by atoms with Gasteiger partial charge in [-0.25, -0.2) is 4.39 Å². The highest BCUT2D eigenvalue weighted by Gasteiger charge is 2.37. The first-order chi connectivity index (χ1) is 8.67. The summed E-state index contributed by atoms with van der Waals surface area (Å²) in [5.41, 5.74) is 3.14. The molecule has 3 heteroatoms. The second-order valence-corrected chi connectivity index (χ2v) is 5.06. The van der Waals surface area contributed by atoms with Gasteiger partial charge in [0.25, 0.3) is 0 Å². The zero-order valence-electron chi connectivity index (χ0n) is 10.5. The molecule has 18 heavy (non-hydrogen) atoms. The fourth-order valence-electron chi connectivity index (χ4n) is 2.75. The van der Waals surface area contributed by atoms with Gasteiger partial charge in [0.15, 0.2) is 5.79 Å². The van der Waals surface area contributed by atoms with E-state index >= 15 is 0 Å². The van der Waals surface area contributed by atoms with Crippen LogP contribution in [0.5, 0.6) is 0 Å². The van der Waals surface area contributed by atoms with Gasteiger partial charge in [0.2, 0.25) is 0 Å². The molecule has 0 aromatic heterocycles. The molecular weight excluding hydrogens is 231 g/mol. The first-order valence-electron chi connectivity index (χ1n) is 6.41. The van der Waals surface area contributed by atoms with E-state index in [1.54, 1.807) is 12.1 Å². The second kappa shape index (κ2) is 4.48. The molecule has 0 saturated carbocycles. The van der Waals surface area contributed by atoms with E-state index in [9.17, 15) is 4.39 Å². The largest absolute Gasteiger partial charge is 0.347 e. The predicted molar refractivity (Wildman–Crippen MR) is 67.6 cm³/mol. The lowest BCUT2D eigenvalue weighted by atomic mass is 9.89. The van der Waals surface area contributed by atoms with Gasteiger partial charge in [0, 0.05) is 12.8 Å². The number of hydrogen-bond donors (Lipinski definition) is 0. The van der Waals surface area contributed by atoms with Crippen molar-refractivity contribution in [3.63, 3.8) is 0 Å². The van der Waals surface area contributed by atoms with Crippen LogP contribution in [0, 0.1) is 12.7 Å². The number of allylic oxidation sites excluding steroid dienone is 1. The molecule has 0 atom stereocenters. The number of benzene rings is 1. The van der Waals surface area contributed by atoms with Crippen molar-refractivity contribution in [3.05, 3.63) is 41.2 Å². The van der Waals surface area contributed by atoms with Crippen LogP contribution in [0.4, 0.5) is 4.39 Å². The number of ether oxygens (including phenoxy) is 2. The molecule has 1 aliphatic carbocycles. The van der Waals surface area contributed by atoms with Gasteiger partial charge in [-0.1, -0.05) is 12.1 Å². The normalized spacial score (nSPS) is 22.2. The Morgan fingerprint density at radius 1 is 1.17 bits per heavy atom. The van der Waals surface area contributed by atoms with Crippen LogP contribution in [0.2, 0.25) is 0 Å². The van der Waals surface area contributed by atoms with Crippen LogP contribution in [-0.2, 0) is 9.47 Å². The van der Waals surface area contributed by atoms with Crippen LogP contribution < -0.4 is 0 Å². The van der Waals surface area contributed by atoms with E-state index in [1.807, 2.05) is 13.0 Å². The SMILES string of the molecule is Cc1cc(F)cc(C2=CCC3(CC2)OCCO3)c1. The minimum Gasteiger partial charge on any atom is -0.347 e. The van der Waals surface area contributed by atoms with E-state index in [1.165, 1.54) is 5.57 Å². The van der Waals surface area contributed by atoms with Crippen molar-refractivity contribution < 1.29 is 13.9 Å². The lowest BCUT2D eigenvalue weighted by Crippen LogP contribution is -2.31. The van der Waals surface area contributed by atoms with Crippen molar-refractivity contribution in [1.29, 1.82) is 0 Å². The summed E-state index contributed by atoms with van der Waals surface area (Å²) in [6, 6.07) is 5.19. The Balaban J connectivity index is 1.83. The van der Waals surface area contributed by atoms with Crippen molar-refractivity contribution in [1.82, 2.24) is 0 Å². The monoisotopic (exact) mass is 248 g/mol. The predicted octanol–water partition coefficient (Wildman–Crippen LogP) is 3.44. The van der Waals surface area contributed by atoms with Gasteiger partial charge in [0.05, 0.1) is 13.2 Å². The van der Waals surface area contributed by atoms with Crippen LogP contribution in [0.3, 0.4) is 0 Å². The molecule has 0 bridgehead atoms. The second-order valence-electron chi connectivity index (χ2n) is 5.06. The van der Waals surface area contributed by atoms with Gasteiger partial charge in [-0.15, -0.1) is 0 Å². The molecule has 0 radical (unpaired) electrons. The molecular formula is C15H17FO2. The van der Waals surface area contributed by atoms with E-state index < -0.39 is 5.79 Å². The molecule has 2 nitrogen and oxygen atoms in total. The zero-order chi connectivity index (χ0) is 12.6. The summed E-state index contributed by atoms with van der Waals surface area (Å²) in [5.74, 6) is -0.564. The maximum Gasteiger partial charge on any atom is 0.172 e. The maximum atomic E-state index is 13.4. The van der Waals surface area contributed by atoms with Crippen LogP contribution in [0.1, 0.15) is 30.4 Å². The van der Waals surface area contributed by atoms with Crippen LogP contribution in [0.15, 0.2) is 24.3 Å². The Labute approximate surface area is 106 Å². The molecule has 1 fully saturated rings. The number of hydrogen-bond acceptors (Lipinski definition) is 2. The molecule has 1 aliphatic heterocycles. The molecule has 1 heterocycles. The molecule has 1 spiro atoms. The first-order valence-corrected chi connectivity index (χ1v) is 6.41. The summed E-state index contributed by atoms with van der Waals surface area (Å²) in [7, 11) is 0. The average molecular weight is 248 g/mol. The molecule has 2 aliphatic rings. The van der Waals surface area contributed by atoms with E-state index in [-0.39, 0.29) is 5.82 Å². The summed E-state index contributed by atoms with van der Waals surface area (Å²) in [6.45, 7) is 3.28. The van der Waals surface area contributed by atoms with E-state index in [4.69, 9.17) is 9.47 Å². The van der Waals surface area contributed by atoms with Gasteiger partial charge >= 0.3 is 0 Å². The quantitative estimate of drug-likeness (QED) is 0.758. The summed E-state index contributed by atoms with van der Waals surface area (Å²) in [6.07, 6.45) is 4.62. The Hall–Kier alpha value is -1.19. The zero-order valence-corrected chi connectivity index (χ0v) is 10.5. The highest BCUT2D eigenvalue weighted by molar-refractivity contribution is 5.67. The smallest absolute Gasteiger partial charge is 0.172 e. The standard InChI is InChI=1S/C15H17FO2/c1-11-8-13(10-14(16)9-11)12-2-4-15(5-3-12)17-6-7-18-15/h2,8-10H,3-7H2,1H3. The fraction of sp³-hybridized carbons (Fsp3) is 0.467.